The maximum atomic E-state index is 11.3. The lowest BCUT2D eigenvalue weighted by Crippen LogP contribution is -2.28. The zero-order chi connectivity index (χ0) is 32.3. The molecular weight excluding hydrogens is 635 g/mol. The van der Waals surface area contributed by atoms with E-state index in [1.165, 1.54) is 0 Å². The number of ether oxygens (including phenoxy) is 1. The Morgan fingerprint density at radius 3 is 2.11 bits per heavy atom. The number of para-hydroxylation sites is 1. The maximum Gasteiger partial charge on any atom is 0.264 e. The monoisotopic (exact) mass is 671 g/mol. The lowest BCUT2D eigenvalue weighted by Gasteiger charge is -2.25. The van der Waals surface area contributed by atoms with Crippen LogP contribution < -0.4 is 9.64 Å². The van der Waals surface area contributed by atoms with Crippen LogP contribution in [-0.4, -0.2) is 66.8 Å². The summed E-state index contributed by atoms with van der Waals surface area (Å²) < 4.78 is 60.8. The zero-order valence-corrected chi connectivity index (χ0v) is 27.9. The van der Waals surface area contributed by atoms with E-state index < -0.39 is 20.2 Å². The summed E-state index contributed by atoms with van der Waals surface area (Å²) in [5.74, 6) is 0.813. The minimum atomic E-state index is -3.52. The van der Waals surface area contributed by atoms with Crippen molar-refractivity contribution >= 4 is 49.2 Å². The second kappa shape index (κ2) is 16.1. The number of thiazole rings is 1. The van der Waals surface area contributed by atoms with Gasteiger partial charge in [0.25, 0.3) is 20.2 Å². The molecule has 0 bridgehead atoms. The van der Waals surface area contributed by atoms with Crippen LogP contribution in [0.3, 0.4) is 0 Å². The van der Waals surface area contributed by atoms with E-state index in [4.69, 9.17) is 18.1 Å². The highest BCUT2D eigenvalue weighted by atomic mass is 32.2. The zero-order valence-electron chi connectivity index (χ0n) is 25.5. The summed E-state index contributed by atoms with van der Waals surface area (Å²) in [4.78, 5) is 11.4. The van der Waals surface area contributed by atoms with E-state index in [9.17, 15) is 16.8 Å². The Hall–Kier alpha value is -3.62. The standard InChI is InChI=1S/C32H37N3O7S3/c1-25-21-29(35(17-7-19-41-44(2,36)37)18-8-20-42-45(3,38)39)16-13-27(25)22-33-28-14-11-26(12-15-28)31-24-43-32(34-31)23-40-30-9-5-4-6-10-30/h4-6,9-16,21-22,24H,7-8,17-20,23H2,1-3H3. The molecule has 1 heterocycles. The Bertz CT molecular complexity index is 1730. The normalized spacial score (nSPS) is 12.1. The van der Waals surface area contributed by atoms with Crippen LogP contribution in [0.1, 0.15) is 29.0 Å². The van der Waals surface area contributed by atoms with Crippen molar-refractivity contribution in [1.29, 1.82) is 0 Å². The summed E-state index contributed by atoms with van der Waals surface area (Å²) in [6.45, 7) is 3.57. The van der Waals surface area contributed by atoms with Crippen molar-refractivity contribution in [2.45, 2.75) is 26.4 Å². The molecule has 0 atom stereocenters. The highest BCUT2D eigenvalue weighted by Gasteiger charge is 2.11. The van der Waals surface area contributed by atoms with Gasteiger partial charge in [-0.15, -0.1) is 11.3 Å². The summed E-state index contributed by atoms with van der Waals surface area (Å²) in [6.07, 6.45) is 4.81. The van der Waals surface area contributed by atoms with E-state index in [2.05, 4.69) is 9.89 Å². The van der Waals surface area contributed by atoms with E-state index in [0.29, 0.717) is 32.5 Å². The van der Waals surface area contributed by atoms with Crippen molar-refractivity contribution in [3.63, 3.8) is 0 Å². The summed E-state index contributed by atoms with van der Waals surface area (Å²) in [7, 11) is -7.04. The van der Waals surface area contributed by atoms with Crippen LogP contribution in [0.4, 0.5) is 11.4 Å². The number of benzene rings is 3. The third-order valence-corrected chi connectivity index (χ3v) is 8.54. The third kappa shape index (κ3) is 12.0. The van der Waals surface area contributed by atoms with E-state index >= 15 is 0 Å². The van der Waals surface area contributed by atoms with Gasteiger partial charge in [-0.1, -0.05) is 36.4 Å². The quantitative estimate of drug-likeness (QED) is 0.0757. The topological polar surface area (TPSA) is 124 Å². The van der Waals surface area contributed by atoms with Crippen LogP contribution in [0.15, 0.2) is 83.2 Å². The molecule has 13 heteroatoms. The van der Waals surface area contributed by atoms with Gasteiger partial charge in [0.05, 0.1) is 37.1 Å². The number of aromatic nitrogens is 1. The Morgan fingerprint density at radius 1 is 0.867 bits per heavy atom. The smallest absolute Gasteiger partial charge is 0.264 e. The predicted molar refractivity (Wildman–Crippen MR) is 180 cm³/mol. The van der Waals surface area contributed by atoms with Gasteiger partial charge in [-0.2, -0.15) is 16.8 Å². The van der Waals surface area contributed by atoms with Gasteiger partial charge in [-0.25, -0.2) is 4.98 Å². The molecule has 0 spiro atoms. The van der Waals surface area contributed by atoms with E-state index in [1.54, 1.807) is 11.3 Å². The number of aryl methyl sites for hydroxylation is 1. The number of anilines is 1. The highest BCUT2D eigenvalue weighted by molar-refractivity contribution is 7.86. The van der Waals surface area contributed by atoms with Crippen LogP contribution in [0.25, 0.3) is 11.3 Å². The molecule has 240 valence electrons. The summed E-state index contributed by atoms with van der Waals surface area (Å²) in [5, 5.41) is 2.92. The van der Waals surface area contributed by atoms with Crippen molar-refractivity contribution in [3.05, 3.63) is 94.3 Å². The van der Waals surface area contributed by atoms with Crippen molar-refractivity contribution in [2.24, 2.45) is 4.99 Å². The number of aliphatic imine (C=N–C) groups is 1. The Labute approximate surface area is 269 Å². The number of rotatable bonds is 17. The van der Waals surface area contributed by atoms with Gasteiger partial charge in [0.2, 0.25) is 0 Å². The van der Waals surface area contributed by atoms with Crippen molar-refractivity contribution in [1.82, 2.24) is 4.98 Å². The molecule has 3 aromatic carbocycles. The first-order valence-corrected chi connectivity index (χ1v) is 18.8. The predicted octanol–water partition coefficient (Wildman–Crippen LogP) is 5.99. The van der Waals surface area contributed by atoms with Crippen LogP contribution in [0.5, 0.6) is 5.75 Å². The molecule has 0 saturated carbocycles. The molecular formula is C32H37N3O7S3. The molecule has 0 N–H and O–H groups in total. The van der Waals surface area contributed by atoms with Gasteiger partial charge in [0.15, 0.2) is 0 Å². The highest BCUT2D eigenvalue weighted by Crippen LogP contribution is 2.26. The molecule has 0 aliphatic rings. The molecule has 0 unspecified atom stereocenters. The average Bonchev–Trinajstić information content (AvgIpc) is 3.47. The SMILES string of the molecule is Cc1cc(N(CCCOS(C)(=O)=O)CCCOS(C)(=O)=O)ccc1C=Nc1ccc(-c2csc(COc3ccccc3)n2)cc1. The molecule has 45 heavy (non-hydrogen) atoms. The number of hydrogen-bond acceptors (Lipinski definition) is 11. The van der Waals surface area contributed by atoms with Gasteiger partial charge >= 0.3 is 0 Å². The molecule has 0 amide bonds. The Morgan fingerprint density at radius 2 is 1.51 bits per heavy atom. The lowest BCUT2D eigenvalue weighted by molar-refractivity contribution is 0.305. The maximum absolute atomic E-state index is 11.3. The summed E-state index contributed by atoms with van der Waals surface area (Å²) >= 11 is 1.56. The average molecular weight is 672 g/mol. The van der Waals surface area contributed by atoms with Crippen LogP contribution in [-0.2, 0) is 35.2 Å². The fraction of sp³-hybridized carbons (Fsp3) is 0.312. The molecule has 0 fully saturated rings. The summed E-state index contributed by atoms with van der Waals surface area (Å²) in [5.41, 5.74) is 5.58. The molecule has 4 rings (SSSR count). The van der Waals surface area contributed by atoms with Gasteiger partial charge in [-0.3, -0.25) is 13.4 Å². The largest absolute Gasteiger partial charge is 0.486 e. The van der Waals surface area contributed by atoms with Gasteiger partial charge in [0, 0.05) is 35.9 Å². The van der Waals surface area contributed by atoms with Gasteiger partial charge in [-0.05, 0) is 67.3 Å². The minimum Gasteiger partial charge on any atom is -0.486 e. The fourth-order valence-electron chi connectivity index (χ4n) is 4.34. The fourth-order valence-corrected chi connectivity index (χ4v) is 5.89. The molecule has 1 aromatic heterocycles. The van der Waals surface area contributed by atoms with Crippen molar-refractivity contribution < 1.29 is 29.9 Å². The first kappa shape index (κ1) is 34.3. The first-order valence-electron chi connectivity index (χ1n) is 14.3. The molecule has 0 saturated heterocycles. The number of hydrogen-bond donors (Lipinski definition) is 0. The van der Waals surface area contributed by atoms with Crippen LogP contribution in [0.2, 0.25) is 0 Å². The lowest BCUT2D eigenvalue weighted by atomic mass is 10.1. The molecule has 0 radical (unpaired) electrons. The van der Waals surface area contributed by atoms with E-state index in [0.717, 1.165) is 57.0 Å². The van der Waals surface area contributed by atoms with E-state index in [1.807, 2.05) is 91.3 Å². The molecule has 0 aliphatic carbocycles. The second-order valence-corrected chi connectivity index (χ2v) is 14.6. The van der Waals surface area contributed by atoms with Gasteiger partial charge < -0.3 is 9.64 Å². The minimum absolute atomic E-state index is 0.0595. The van der Waals surface area contributed by atoms with Crippen molar-refractivity contribution in [3.8, 4) is 17.0 Å². The first-order chi connectivity index (χ1) is 21.4. The molecule has 4 aromatic rings. The third-order valence-electron chi connectivity index (χ3n) is 6.53. The second-order valence-electron chi connectivity index (χ2n) is 10.3. The molecule has 10 nitrogen and oxygen atoms in total. The summed E-state index contributed by atoms with van der Waals surface area (Å²) in [6, 6.07) is 23.5. The number of nitrogens with zero attached hydrogens (tertiary/aromatic N) is 3. The Kier molecular flexibility index (Phi) is 12.3. The van der Waals surface area contributed by atoms with Gasteiger partial charge in [0.1, 0.15) is 17.4 Å². The van der Waals surface area contributed by atoms with Crippen LogP contribution >= 0.6 is 11.3 Å². The van der Waals surface area contributed by atoms with Crippen LogP contribution in [0, 0.1) is 6.92 Å². The Balaban J connectivity index is 1.37. The molecule has 0 aliphatic heterocycles. The van der Waals surface area contributed by atoms with Crippen molar-refractivity contribution in [2.75, 3.05) is 43.7 Å². The van der Waals surface area contributed by atoms with E-state index in [-0.39, 0.29) is 13.2 Å².